The number of hydrogen-bond donors (Lipinski definition) is 1. The average Bonchev–Trinajstić information content (AvgIpc) is 2.06. The van der Waals surface area contributed by atoms with E-state index < -0.39 is 0 Å². The minimum Gasteiger partial charge on any atom is -0.387 e. The molecule has 2 heteroatoms. The highest BCUT2D eigenvalue weighted by Gasteiger charge is 2.30. The Morgan fingerprint density at radius 1 is 1.36 bits per heavy atom. The fourth-order valence-corrected chi connectivity index (χ4v) is 2.05. The van der Waals surface area contributed by atoms with E-state index in [1.165, 1.54) is 19.3 Å². The second-order valence-electron chi connectivity index (χ2n) is 3.40. The van der Waals surface area contributed by atoms with Crippen molar-refractivity contribution in [2.24, 2.45) is 5.92 Å². The van der Waals surface area contributed by atoms with E-state index in [0.717, 1.165) is 6.42 Å². The minimum absolute atomic E-state index is 0.286. The van der Waals surface area contributed by atoms with E-state index in [2.05, 4.69) is 5.32 Å². The summed E-state index contributed by atoms with van der Waals surface area (Å²) in [4.78, 5) is 11.3. The Hall–Kier alpha value is -0.790. The number of fused-ring (bicyclic) bond motifs is 1. The summed E-state index contributed by atoms with van der Waals surface area (Å²) in [6.45, 7) is 0. The topological polar surface area (TPSA) is 29.1 Å². The van der Waals surface area contributed by atoms with Crippen molar-refractivity contribution in [1.82, 2.24) is 5.32 Å². The van der Waals surface area contributed by atoms with Crippen LogP contribution in [0.3, 0.4) is 0 Å². The van der Waals surface area contributed by atoms with Crippen molar-refractivity contribution in [3.63, 3.8) is 0 Å². The average molecular weight is 151 g/mol. The Bertz CT molecular complexity index is 198. The van der Waals surface area contributed by atoms with Gasteiger partial charge in [0.05, 0.1) is 0 Å². The van der Waals surface area contributed by atoms with Gasteiger partial charge in [-0.15, -0.1) is 0 Å². The molecule has 2 rings (SSSR count). The molecule has 0 saturated heterocycles. The van der Waals surface area contributed by atoms with Gasteiger partial charge in [0.2, 0.25) is 0 Å². The summed E-state index contributed by atoms with van der Waals surface area (Å²) in [5.74, 6) is 0.613. The van der Waals surface area contributed by atoms with Crippen LogP contribution >= 0.6 is 0 Å². The van der Waals surface area contributed by atoms with Gasteiger partial charge in [0.1, 0.15) is 0 Å². The molecule has 0 unspecified atom stereocenters. The first kappa shape index (κ1) is 6.89. The number of carbonyl (C=O) groups is 1. The third-order valence-corrected chi connectivity index (χ3v) is 2.69. The Morgan fingerprint density at radius 3 is 3.00 bits per heavy atom. The quantitative estimate of drug-likeness (QED) is 0.564. The molecule has 0 radical (unpaired) electrons. The Balaban J connectivity index is 2.14. The van der Waals surface area contributed by atoms with Gasteiger partial charge in [0.25, 0.3) is 0 Å². The first-order valence-electron chi connectivity index (χ1n) is 4.34. The fourth-order valence-electron chi connectivity index (χ4n) is 2.05. The predicted octanol–water partition coefficient (Wildman–Crippen LogP) is 1.23. The van der Waals surface area contributed by atoms with Crippen LogP contribution in [0.4, 0.5) is 0 Å². The Kier molecular flexibility index (Phi) is 1.68. The van der Waals surface area contributed by atoms with Crippen molar-refractivity contribution in [3.05, 3.63) is 12.3 Å². The molecule has 1 N–H and O–H groups in total. The molecule has 0 aromatic heterocycles. The predicted molar refractivity (Wildman–Crippen MR) is 43.0 cm³/mol. The first-order valence-corrected chi connectivity index (χ1v) is 4.34. The molecule has 1 aliphatic heterocycles. The van der Waals surface area contributed by atoms with Gasteiger partial charge in [0.15, 0.2) is 5.78 Å². The minimum atomic E-state index is 0.286. The van der Waals surface area contributed by atoms with E-state index in [0.29, 0.717) is 11.8 Å². The summed E-state index contributed by atoms with van der Waals surface area (Å²) in [5, 5.41) is 3.25. The number of nitrogens with one attached hydrogen (secondary N) is 1. The molecular weight excluding hydrogens is 138 g/mol. The van der Waals surface area contributed by atoms with Crippen LogP contribution in [0.5, 0.6) is 0 Å². The summed E-state index contributed by atoms with van der Waals surface area (Å²) < 4.78 is 0. The molecule has 2 nitrogen and oxygen atoms in total. The summed E-state index contributed by atoms with van der Waals surface area (Å²) in [5.41, 5.74) is 0. The molecule has 0 spiro atoms. The molecule has 0 aromatic rings. The van der Waals surface area contributed by atoms with E-state index in [1.807, 2.05) is 0 Å². The second kappa shape index (κ2) is 2.68. The maximum Gasteiger partial charge on any atom is 0.162 e. The standard InChI is InChI=1S/C9H13NO/c11-9-5-6-10-8-4-2-1-3-7(8)9/h5-8,10H,1-4H2/t7-,8+/m0/s1. The lowest BCUT2D eigenvalue weighted by Gasteiger charge is -2.32. The molecule has 60 valence electrons. The molecule has 11 heavy (non-hydrogen) atoms. The third kappa shape index (κ3) is 1.17. The molecule has 1 heterocycles. The molecule has 0 bridgehead atoms. The summed E-state index contributed by atoms with van der Waals surface area (Å²) >= 11 is 0. The molecule has 2 atom stereocenters. The molecule has 1 fully saturated rings. The van der Waals surface area contributed by atoms with Gasteiger partial charge in [-0.1, -0.05) is 12.8 Å². The number of hydrogen-bond acceptors (Lipinski definition) is 2. The van der Waals surface area contributed by atoms with E-state index in [9.17, 15) is 4.79 Å². The van der Waals surface area contributed by atoms with E-state index in [4.69, 9.17) is 0 Å². The monoisotopic (exact) mass is 151 g/mol. The number of ketones is 1. The maximum atomic E-state index is 11.3. The van der Waals surface area contributed by atoms with E-state index in [1.54, 1.807) is 12.3 Å². The van der Waals surface area contributed by atoms with Crippen molar-refractivity contribution in [2.75, 3.05) is 0 Å². The zero-order valence-corrected chi connectivity index (χ0v) is 6.55. The van der Waals surface area contributed by atoms with Gasteiger partial charge in [-0.3, -0.25) is 4.79 Å². The Morgan fingerprint density at radius 2 is 2.18 bits per heavy atom. The lowest BCUT2D eigenvalue weighted by molar-refractivity contribution is -0.120. The fraction of sp³-hybridized carbons (Fsp3) is 0.667. The van der Waals surface area contributed by atoms with Crippen LogP contribution in [0.15, 0.2) is 12.3 Å². The highest BCUT2D eigenvalue weighted by Crippen LogP contribution is 2.27. The molecule has 0 aromatic carbocycles. The lowest BCUT2D eigenvalue weighted by atomic mass is 9.80. The number of carbonyl (C=O) groups excluding carboxylic acids is 1. The second-order valence-corrected chi connectivity index (χ2v) is 3.40. The van der Waals surface area contributed by atoms with Crippen LogP contribution in [-0.2, 0) is 4.79 Å². The number of allylic oxidation sites excluding steroid dienone is 1. The summed E-state index contributed by atoms with van der Waals surface area (Å²) in [7, 11) is 0. The van der Waals surface area contributed by atoms with Gasteiger partial charge < -0.3 is 5.32 Å². The zero-order valence-electron chi connectivity index (χ0n) is 6.55. The Labute approximate surface area is 66.7 Å². The van der Waals surface area contributed by atoms with Crippen LogP contribution < -0.4 is 5.32 Å². The van der Waals surface area contributed by atoms with Crippen molar-refractivity contribution in [3.8, 4) is 0 Å². The van der Waals surface area contributed by atoms with Crippen LogP contribution in [0.25, 0.3) is 0 Å². The SMILES string of the molecule is O=C1C=CN[C@@H]2CCCC[C@H]12. The maximum absolute atomic E-state index is 11.3. The molecule has 0 amide bonds. The van der Waals surface area contributed by atoms with Gasteiger partial charge in [-0.05, 0) is 18.9 Å². The lowest BCUT2D eigenvalue weighted by Crippen LogP contribution is -2.42. The third-order valence-electron chi connectivity index (χ3n) is 2.69. The van der Waals surface area contributed by atoms with Crippen molar-refractivity contribution < 1.29 is 4.79 Å². The van der Waals surface area contributed by atoms with Crippen LogP contribution in [0.2, 0.25) is 0 Å². The first-order chi connectivity index (χ1) is 5.38. The normalized spacial score (nSPS) is 36.2. The zero-order chi connectivity index (χ0) is 7.68. The van der Waals surface area contributed by atoms with Gasteiger partial charge in [-0.25, -0.2) is 0 Å². The number of rotatable bonds is 0. The van der Waals surface area contributed by atoms with Gasteiger partial charge >= 0.3 is 0 Å². The van der Waals surface area contributed by atoms with Crippen LogP contribution in [-0.4, -0.2) is 11.8 Å². The van der Waals surface area contributed by atoms with Crippen molar-refractivity contribution in [2.45, 2.75) is 31.7 Å². The summed E-state index contributed by atoms with van der Waals surface area (Å²) in [6.07, 6.45) is 8.22. The highest BCUT2D eigenvalue weighted by atomic mass is 16.1. The van der Waals surface area contributed by atoms with E-state index >= 15 is 0 Å². The van der Waals surface area contributed by atoms with Crippen molar-refractivity contribution >= 4 is 5.78 Å². The van der Waals surface area contributed by atoms with Crippen LogP contribution in [0, 0.1) is 5.92 Å². The molecule has 1 aliphatic carbocycles. The smallest absolute Gasteiger partial charge is 0.162 e. The molecule has 2 aliphatic rings. The molecular formula is C9H13NO. The van der Waals surface area contributed by atoms with Crippen LogP contribution in [0.1, 0.15) is 25.7 Å². The van der Waals surface area contributed by atoms with Crippen molar-refractivity contribution in [1.29, 1.82) is 0 Å². The van der Waals surface area contributed by atoms with E-state index in [-0.39, 0.29) is 5.92 Å². The largest absolute Gasteiger partial charge is 0.387 e. The summed E-state index contributed by atoms with van der Waals surface area (Å²) in [6, 6.07) is 0.446. The van der Waals surface area contributed by atoms with Gasteiger partial charge in [-0.2, -0.15) is 0 Å². The highest BCUT2D eigenvalue weighted by molar-refractivity contribution is 5.93. The van der Waals surface area contributed by atoms with Gasteiger partial charge in [0, 0.05) is 18.2 Å². The molecule has 1 saturated carbocycles.